The molecule has 0 saturated carbocycles. The molecule has 0 spiro atoms. The summed E-state index contributed by atoms with van der Waals surface area (Å²) in [4.78, 5) is 22.4. The lowest BCUT2D eigenvalue weighted by molar-refractivity contribution is -0.141. The molecule has 1 aromatic rings. The Morgan fingerprint density at radius 1 is 1.29 bits per heavy atom. The van der Waals surface area contributed by atoms with Crippen molar-refractivity contribution >= 4 is 17.7 Å². The molecule has 0 unspecified atom stereocenters. The highest BCUT2D eigenvalue weighted by molar-refractivity contribution is 5.81. The average molecular weight is 303 g/mol. The zero-order valence-corrected chi connectivity index (χ0v) is 11.7. The van der Waals surface area contributed by atoms with Gasteiger partial charge < -0.3 is 15.1 Å². The van der Waals surface area contributed by atoms with Crippen LogP contribution in [0.1, 0.15) is 12.1 Å². The van der Waals surface area contributed by atoms with E-state index in [0.717, 1.165) is 6.07 Å². The summed E-state index contributed by atoms with van der Waals surface area (Å²) in [5.41, 5.74) is -1.03. The molecular weight excluding hydrogens is 287 g/mol. The molecule has 2 heterocycles. The van der Waals surface area contributed by atoms with Crippen molar-refractivity contribution in [1.29, 1.82) is 0 Å². The van der Waals surface area contributed by atoms with Gasteiger partial charge in [0.2, 0.25) is 11.9 Å². The van der Waals surface area contributed by atoms with E-state index in [1.165, 1.54) is 7.05 Å². The van der Waals surface area contributed by atoms with Crippen molar-refractivity contribution in [3.8, 4) is 0 Å². The third-order valence-electron chi connectivity index (χ3n) is 3.22. The van der Waals surface area contributed by atoms with Crippen LogP contribution in [0.25, 0.3) is 0 Å². The summed E-state index contributed by atoms with van der Waals surface area (Å²) < 4.78 is 38.6. The molecule has 0 aromatic carbocycles. The highest BCUT2D eigenvalue weighted by atomic mass is 19.4. The number of amides is 1. The van der Waals surface area contributed by atoms with E-state index < -0.39 is 11.9 Å². The summed E-state index contributed by atoms with van der Waals surface area (Å²) in [5, 5.41) is 2.51. The summed E-state index contributed by atoms with van der Waals surface area (Å²) in [6, 6.07) is 0.874. The third kappa shape index (κ3) is 3.53. The number of nitrogens with one attached hydrogen (secondary N) is 1. The Balaban J connectivity index is 2.36. The summed E-state index contributed by atoms with van der Waals surface area (Å²) in [6.07, 6.45) is -3.89. The standard InChI is InChI=1S/C12H16F3N5O/c1-16-11-17-8(12(13,14)15)6-9(18-11)20-5-3-4-19(2)10(21)7-20/h6H,3-5,7H2,1-2H3,(H,16,17,18). The number of hydrogen-bond donors (Lipinski definition) is 1. The van der Waals surface area contributed by atoms with Gasteiger partial charge in [-0.2, -0.15) is 18.2 Å². The van der Waals surface area contributed by atoms with E-state index in [0.29, 0.717) is 19.5 Å². The van der Waals surface area contributed by atoms with Gasteiger partial charge in [0.15, 0.2) is 5.69 Å². The maximum absolute atomic E-state index is 12.9. The maximum Gasteiger partial charge on any atom is 0.433 e. The van der Waals surface area contributed by atoms with Crippen molar-refractivity contribution < 1.29 is 18.0 Å². The quantitative estimate of drug-likeness (QED) is 0.890. The lowest BCUT2D eigenvalue weighted by Gasteiger charge is -2.22. The lowest BCUT2D eigenvalue weighted by atomic mass is 10.3. The molecule has 1 fully saturated rings. The first kappa shape index (κ1) is 15.3. The monoisotopic (exact) mass is 303 g/mol. The van der Waals surface area contributed by atoms with E-state index in [1.54, 1.807) is 16.8 Å². The minimum absolute atomic E-state index is 0.00790. The molecule has 1 aromatic heterocycles. The third-order valence-corrected chi connectivity index (χ3v) is 3.22. The van der Waals surface area contributed by atoms with Gasteiger partial charge in [-0.15, -0.1) is 0 Å². The summed E-state index contributed by atoms with van der Waals surface area (Å²) in [5.74, 6) is -0.166. The second-order valence-corrected chi connectivity index (χ2v) is 4.77. The molecule has 1 aliphatic heterocycles. The van der Waals surface area contributed by atoms with Gasteiger partial charge in [-0.05, 0) is 6.42 Å². The highest BCUT2D eigenvalue weighted by Gasteiger charge is 2.34. The van der Waals surface area contributed by atoms with Gasteiger partial charge >= 0.3 is 6.18 Å². The number of rotatable bonds is 2. The number of nitrogens with zero attached hydrogens (tertiary/aromatic N) is 4. The first-order valence-corrected chi connectivity index (χ1v) is 6.44. The Hall–Kier alpha value is -2.06. The van der Waals surface area contributed by atoms with E-state index >= 15 is 0 Å². The number of carbonyl (C=O) groups excluding carboxylic acids is 1. The fraction of sp³-hybridized carbons (Fsp3) is 0.583. The number of anilines is 2. The van der Waals surface area contributed by atoms with Crippen molar-refractivity contribution in [2.45, 2.75) is 12.6 Å². The Labute approximate surface area is 120 Å². The molecule has 9 heteroatoms. The van der Waals surface area contributed by atoms with Crippen LogP contribution in [0.2, 0.25) is 0 Å². The number of hydrogen-bond acceptors (Lipinski definition) is 5. The number of carbonyl (C=O) groups is 1. The smallest absolute Gasteiger partial charge is 0.357 e. The van der Waals surface area contributed by atoms with Crippen LogP contribution in [0, 0.1) is 0 Å². The molecular formula is C12H16F3N5O. The molecule has 116 valence electrons. The molecule has 0 aliphatic carbocycles. The van der Waals surface area contributed by atoms with Crippen LogP contribution in [0.5, 0.6) is 0 Å². The summed E-state index contributed by atoms with van der Waals surface area (Å²) >= 11 is 0. The predicted octanol–water partition coefficient (Wildman–Crippen LogP) is 1.21. The molecule has 2 rings (SSSR count). The van der Waals surface area contributed by atoms with E-state index in [-0.39, 0.29) is 24.2 Å². The van der Waals surface area contributed by atoms with Crippen LogP contribution < -0.4 is 10.2 Å². The highest BCUT2D eigenvalue weighted by Crippen LogP contribution is 2.30. The summed E-state index contributed by atoms with van der Waals surface area (Å²) in [6.45, 7) is 1.05. The number of halogens is 3. The van der Waals surface area contributed by atoms with Crippen molar-refractivity contribution in [1.82, 2.24) is 14.9 Å². The van der Waals surface area contributed by atoms with Crippen LogP contribution in [0.3, 0.4) is 0 Å². The molecule has 1 aliphatic rings. The topological polar surface area (TPSA) is 61.4 Å². The predicted molar refractivity (Wildman–Crippen MR) is 71.0 cm³/mol. The molecule has 1 amide bonds. The zero-order chi connectivity index (χ0) is 15.6. The molecule has 0 atom stereocenters. The van der Waals surface area contributed by atoms with Gasteiger partial charge in [-0.25, -0.2) is 4.98 Å². The van der Waals surface area contributed by atoms with Crippen LogP contribution in [0.4, 0.5) is 24.9 Å². The Morgan fingerprint density at radius 3 is 2.62 bits per heavy atom. The Kier molecular flexibility index (Phi) is 4.19. The zero-order valence-electron chi connectivity index (χ0n) is 11.7. The average Bonchev–Trinajstić information content (AvgIpc) is 2.60. The van der Waals surface area contributed by atoms with Gasteiger partial charge in [0.1, 0.15) is 5.82 Å². The normalized spacial score (nSPS) is 16.9. The molecule has 21 heavy (non-hydrogen) atoms. The molecule has 0 bridgehead atoms. The van der Waals surface area contributed by atoms with Crippen LogP contribution in [0.15, 0.2) is 6.07 Å². The number of aromatic nitrogens is 2. The van der Waals surface area contributed by atoms with E-state index in [9.17, 15) is 18.0 Å². The van der Waals surface area contributed by atoms with Crippen LogP contribution >= 0.6 is 0 Å². The van der Waals surface area contributed by atoms with Gasteiger partial charge in [0.25, 0.3) is 0 Å². The van der Waals surface area contributed by atoms with Gasteiger partial charge in [0, 0.05) is 33.3 Å². The molecule has 0 radical (unpaired) electrons. The van der Waals surface area contributed by atoms with E-state index in [1.807, 2.05) is 0 Å². The summed E-state index contributed by atoms with van der Waals surface area (Å²) in [7, 11) is 3.12. The van der Waals surface area contributed by atoms with Gasteiger partial charge in [-0.1, -0.05) is 0 Å². The van der Waals surface area contributed by atoms with Crippen molar-refractivity contribution in [2.24, 2.45) is 0 Å². The van der Waals surface area contributed by atoms with Crippen molar-refractivity contribution in [2.75, 3.05) is 43.9 Å². The fourth-order valence-electron chi connectivity index (χ4n) is 2.04. The van der Waals surface area contributed by atoms with Gasteiger partial charge in [-0.3, -0.25) is 4.79 Å². The molecule has 6 nitrogen and oxygen atoms in total. The van der Waals surface area contributed by atoms with E-state index in [4.69, 9.17) is 0 Å². The van der Waals surface area contributed by atoms with Crippen LogP contribution in [-0.2, 0) is 11.0 Å². The Morgan fingerprint density at radius 2 is 2.00 bits per heavy atom. The first-order valence-electron chi connectivity index (χ1n) is 6.44. The largest absolute Gasteiger partial charge is 0.433 e. The lowest BCUT2D eigenvalue weighted by Crippen LogP contribution is -2.35. The number of likely N-dealkylation sites (N-methyl/N-ethyl adjacent to an activating group) is 1. The molecule has 1 saturated heterocycles. The first-order chi connectivity index (χ1) is 9.81. The van der Waals surface area contributed by atoms with Crippen LogP contribution in [-0.4, -0.2) is 54.5 Å². The Bertz CT molecular complexity index is 534. The van der Waals surface area contributed by atoms with Crippen molar-refractivity contribution in [3.63, 3.8) is 0 Å². The minimum Gasteiger partial charge on any atom is -0.357 e. The van der Waals surface area contributed by atoms with E-state index in [2.05, 4.69) is 15.3 Å². The van der Waals surface area contributed by atoms with Gasteiger partial charge in [0.05, 0.1) is 6.54 Å². The molecule has 1 N–H and O–H groups in total. The fourth-order valence-corrected chi connectivity index (χ4v) is 2.04. The van der Waals surface area contributed by atoms with Crippen molar-refractivity contribution in [3.05, 3.63) is 11.8 Å². The SMILES string of the molecule is CNc1nc(N2CCCN(C)C(=O)C2)cc(C(F)(F)F)n1. The minimum atomic E-state index is -4.56. The second-order valence-electron chi connectivity index (χ2n) is 4.77. The maximum atomic E-state index is 12.9. The second kappa shape index (κ2) is 5.74. The number of alkyl halides is 3.